The highest BCUT2D eigenvalue weighted by molar-refractivity contribution is 5.85. The van der Waals surface area contributed by atoms with E-state index >= 15 is 0 Å². The molecule has 0 saturated carbocycles. The molecule has 1 saturated heterocycles. The number of amides is 1. The minimum atomic E-state index is 0. The standard InChI is InChI=1S/C16H25N3O.ClH/c1-13-5-3-4-6-15(13)7-8-18-16(20)12-19-10-9-17-11-14(19)2;/h3-6,14,17H,7-12H2,1-2H3,(H,18,20);1H/t14-;/m0./s1. The predicted molar refractivity (Wildman–Crippen MR) is 89.0 cm³/mol. The Kier molecular flexibility index (Phi) is 7.72. The van der Waals surface area contributed by atoms with Crippen molar-refractivity contribution in [3.63, 3.8) is 0 Å². The topological polar surface area (TPSA) is 44.4 Å². The average molecular weight is 312 g/mol. The molecule has 1 aromatic carbocycles. The first-order chi connectivity index (χ1) is 9.66. The summed E-state index contributed by atoms with van der Waals surface area (Å²) >= 11 is 0. The summed E-state index contributed by atoms with van der Waals surface area (Å²) in [4.78, 5) is 14.2. The van der Waals surface area contributed by atoms with Gasteiger partial charge in [-0.1, -0.05) is 24.3 Å². The van der Waals surface area contributed by atoms with Crippen LogP contribution in [0, 0.1) is 6.92 Å². The molecule has 0 radical (unpaired) electrons. The molecule has 4 nitrogen and oxygen atoms in total. The Morgan fingerprint density at radius 3 is 2.90 bits per heavy atom. The van der Waals surface area contributed by atoms with Crippen molar-refractivity contribution in [2.45, 2.75) is 26.3 Å². The Labute approximate surface area is 133 Å². The largest absolute Gasteiger partial charge is 0.355 e. The molecule has 2 N–H and O–H groups in total. The van der Waals surface area contributed by atoms with E-state index < -0.39 is 0 Å². The van der Waals surface area contributed by atoms with Gasteiger partial charge >= 0.3 is 0 Å². The number of nitrogens with one attached hydrogen (secondary N) is 2. The van der Waals surface area contributed by atoms with Gasteiger partial charge in [0.05, 0.1) is 6.54 Å². The molecule has 1 fully saturated rings. The number of benzene rings is 1. The molecular formula is C16H26ClN3O. The highest BCUT2D eigenvalue weighted by Gasteiger charge is 2.19. The van der Waals surface area contributed by atoms with Gasteiger partial charge in [0.1, 0.15) is 0 Å². The number of hydrogen-bond donors (Lipinski definition) is 2. The van der Waals surface area contributed by atoms with Crippen LogP contribution in [-0.4, -0.2) is 49.6 Å². The second-order valence-electron chi connectivity index (χ2n) is 5.55. The van der Waals surface area contributed by atoms with Gasteiger partial charge in [-0.25, -0.2) is 0 Å². The van der Waals surface area contributed by atoms with Crippen LogP contribution in [0.25, 0.3) is 0 Å². The third kappa shape index (κ3) is 5.65. The van der Waals surface area contributed by atoms with Crippen molar-refractivity contribution >= 4 is 18.3 Å². The van der Waals surface area contributed by atoms with Crippen molar-refractivity contribution in [3.05, 3.63) is 35.4 Å². The molecule has 0 unspecified atom stereocenters. The van der Waals surface area contributed by atoms with Crippen molar-refractivity contribution in [1.82, 2.24) is 15.5 Å². The lowest BCUT2D eigenvalue weighted by Gasteiger charge is -2.33. The predicted octanol–water partition coefficient (Wildman–Crippen LogP) is 1.37. The normalized spacial score (nSPS) is 18.9. The van der Waals surface area contributed by atoms with Crippen molar-refractivity contribution in [2.75, 3.05) is 32.7 Å². The van der Waals surface area contributed by atoms with E-state index in [0.717, 1.165) is 26.1 Å². The molecule has 1 amide bonds. The first-order valence-corrected chi connectivity index (χ1v) is 7.43. The maximum atomic E-state index is 12.0. The maximum absolute atomic E-state index is 12.0. The number of carbonyl (C=O) groups is 1. The summed E-state index contributed by atoms with van der Waals surface area (Å²) in [5, 5.41) is 6.36. The van der Waals surface area contributed by atoms with Gasteiger partial charge in [0.25, 0.3) is 0 Å². The van der Waals surface area contributed by atoms with Crippen LogP contribution < -0.4 is 10.6 Å². The van der Waals surface area contributed by atoms with Crippen LogP contribution in [0.15, 0.2) is 24.3 Å². The van der Waals surface area contributed by atoms with E-state index in [1.807, 2.05) is 12.1 Å². The number of piperazine rings is 1. The number of carbonyl (C=O) groups excluding carboxylic acids is 1. The Bertz CT molecular complexity index is 453. The third-order valence-electron chi connectivity index (χ3n) is 3.96. The average Bonchev–Trinajstić information content (AvgIpc) is 2.43. The summed E-state index contributed by atoms with van der Waals surface area (Å²) in [7, 11) is 0. The first kappa shape index (κ1) is 18.0. The second kappa shape index (κ2) is 9.03. The molecule has 1 atom stereocenters. The van der Waals surface area contributed by atoms with Crippen LogP contribution in [0.5, 0.6) is 0 Å². The highest BCUT2D eigenvalue weighted by Crippen LogP contribution is 2.07. The Morgan fingerprint density at radius 2 is 2.19 bits per heavy atom. The number of rotatable bonds is 5. The van der Waals surface area contributed by atoms with Gasteiger partial charge < -0.3 is 10.6 Å². The second-order valence-corrected chi connectivity index (χ2v) is 5.55. The maximum Gasteiger partial charge on any atom is 0.234 e. The fourth-order valence-corrected chi connectivity index (χ4v) is 2.59. The first-order valence-electron chi connectivity index (χ1n) is 7.43. The molecule has 0 bridgehead atoms. The summed E-state index contributed by atoms with van der Waals surface area (Å²) in [6.45, 7) is 8.39. The highest BCUT2D eigenvalue weighted by atomic mass is 35.5. The third-order valence-corrected chi connectivity index (χ3v) is 3.96. The van der Waals surface area contributed by atoms with Crippen molar-refractivity contribution in [1.29, 1.82) is 0 Å². The number of hydrogen-bond acceptors (Lipinski definition) is 3. The molecule has 1 aromatic rings. The Balaban J connectivity index is 0.00000220. The lowest BCUT2D eigenvalue weighted by molar-refractivity contribution is -0.122. The molecule has 1 aliphatic heterocycles. The monoisotopic (exact) mass is 311 g/mol. The van der Waals surface area contributed by atoms with Gasteiger partial charge in [0, 0.05) is 32.2 Å². The molecule has 0 aliphatic carbocycles. The van der Waals surface area contributed by atoms with E-state index in [-0.39, 0.29) is 18.3 Å². The van der Waals surface area contributed by atoms with Gasteiger partial charge in [0.15, 0.2) is 0 Å². The van der Waals surface area contributed by atoms with Crippen LogP contribution in [0.4, 0.5) is 0 Å². The van der Waals surface area contributed by atoms with Crippen LogP contribution in [0.3, 0.4) is 0 Å². The number of nitrogens with zero attached hydrogens (tertiary/aromatic N) is 1. The van der Waals surface area contributed by atoms with Crippen LogP contribution in [-0.2, 0) is 11.2 Å². The lowest BCUT2D eigenvalue weighted by atomic mass is 10.1. The minimum Gasteiger partial charge on any atom is -0.355 e. The van der Waals surface area contributed by atoms with E-state index in [9.17, 15) is 4.79 Å². The molecule has 0 spiro atoms. The van der Waals surface area contributed by atoms with Gasteiger partial charge in [-0.3, -0.25) is 9.69 Å². The number of aryl methyl sites for hydroxylation is 1. The van der Waals surface area contributed by atoms with Crippen LogP contribution in [0.2, 0.25) is 0 Å². The van der Waals surface area contributed by atoms with Gasteiger partial charge in [-0.05, 0) is 31.4 Å². The summed E-state index contributed by atoms with van der Waals surface area (Å²) in [6.07, 6.45) is 0.898. The SMILES string of the molecule is Cc1ccccc1CCNC(=O)CN1CCNC[C@@H]1C.Cl. The molecule has 1 aliphatic rings. The van der Waals surface area contributed by atoms with Gasteiger partial charge in [-0.2, -0.15) is 0 Å². The van der Waals surface area contributed by atoms with E-state index in [2.05, 4.69) is 41.5 Å². The van der Waals surface area contributed by atoms with E-state index in [1.165, 1.54) is 11.1 Å². The molecular weight excluding hydrogens is 286 g/mol. The van der Waals surface area contributed by atoms with E-state index in [4.69, 9.17) is 0 Å². The van der Waals surface area contributed by atoms with E-state index in [0.29, 0.717) is 19.1 Å². The summed E-state index contributed by atoms with van der Waals surface area (Å²) in [5.41, 5.74) is 2.60. The molecule has 1 heterocycles. The van der Waals surface area contributed by atoms with E-state index in [1.54, 1.807) is 0 Å². The Morgan fingerprint density at radius 1 is 1.43 bits per heavy atom. The summed E-state index contributed by atoms with van der Waals surface area (Å²) < 4.78 is 0. The zero-order chi connectivity index (χ0) is 14.4. The summed E-state index contributed by atoms with van der Waals surface area (Å²) in [6, 6.07) is 8.76. The van der Waals surface area contributed by atoms with Gasteiger partial charge in [0.2, 0.25) is 5.91 Å². The van der Waals surface area contributed by atoms with Crippen molar-refractivity contribution in [2.24, 2.45) is 0 Å². The lowest BCUT2D eigenvalue weighted by Crippen LogP contribution is -2.52. The molecule has 21 heavy (non-hydrogen) atoms. The fraction of sp³-hybridized carbons (Fsp3) is 0.562. The van der Waals surface area contributed by atoms with Crippen LogP contribution >= 0.6 is 12.4 Å². The molecule has 118 valence electrons. The quantitative estimate of drug-likeness (QED) is 0.863. The van der Waals surface area contributed by atoms with Crippen molar-refractivity contribution < 1.29 is 4.79 Å². The molecule has 2 rings (SSSR count). The fourth-order valence-electron chi connectivity index (χ4n) is 2.59. The van der Waals surface area contributed by atoms with Gasteiger partial charge in [-0.15, -0.1) is 12.4 Å². The molecule has 5 heteroatoms. The molecule has 0 aromatic heterocycles. The zero-order valence-electron chi connectivity index (χ0n) is 12.9. The Hall–Kier alpha value is -1.10. The zero-order valence-corrected chi connectivity index (χ0v) is 13.7. The smallest absolute Gasteiger partial charge is 0.234 e. The summed E-state index contributed by atoms with van der Waals surface area (Å²) in [5.74, 6) is 0.132. The minimum absolute atomic E-state index is 0. The van der Waals surface area contributed by atoms with Crippen molar-refractivity contribution in [3.8, 4) is 0 Å². The number of halogens is 1. The van der Waals surface area contributed by atoms with Crippen LogP contribution in [0.1, 0.15) is 18.1 Å².